The van der Waals surface area contributed by atoms with Gasteiger partial charge in [0.1, 0.15) is 0 Å². The summed E-state index contributed by atoms with van der Waals surface area (Å²) in [6.45, 7) is 3.54. The molecule has 1 fully saturated rings. The van der Waals surface area contributed by atoms with Gasteiger partial charge in [0.25, 0.3) is 5.91 Å². The Morgan fingerprint density at radius 3 is 3.05 bits per heavy atom. The van der Waals surface area contributed by atoms with Crippen LogP contribution in [0.3, 0.4) is 0 Å². The van der Waals surface area contributed by atoms with Gasteiger partial charge in [-0.05, 0) is 38.2 Å². The van der Waals surface area contributed by atoms with Gasteiger partial charge in [-0.2, -0.15) is 10.2 Å². The molecule has 1 aliphatic heterocycles. The number of hydrogen-bond donors (Lipinski definition) is 1. The molecule has 112 valence electrons. The molecule has 0 saturated carbocycles. The van der Waals surface area contributed by atoms with Gasteiger partial charge < -0.3 is 4.90 Å². The van der Waals surface area contributed by atoms with Gasteiger partial charge in [-0.15, -0.1) is 0 Å². The van der Waals surface area contributed by atoms with E-state index in [1.807, 2.05) is 31.1 Å². The van der Waals surface area contributed by atoms with Crippen LogP contribution in [0.15, 0.2) is 18.5 Å². The Balaban J connectivity index is 1.68. The fraction of sp³-hybridized carbons (Fsp3) is 0.533. The van der Waals surface area contributed by atoms with E-state index in [2.05, 4.69) is 15.3 Å². The van der Waals surface area contributed by atoms with Gasteiger partial charge in [-0.25, -0.2) is 0 Å². The van der Waals surface area contributed by atoms with Crippen molar-refractivity contribution in [3.63, 3.8) is 0 Å². The lowest BCUT2D eigenvalue weighted by molar-refractivity contribution is 0.0672. The molecule has 3 rings (SSSR count). The second-order valence-electron chi connectivity index (χ2n) is 5.85. The topological polar surface area (TPSA) is 66.8 Å². The molecular formula is C15H21N5O. The first kappa shape index (κ1) is 13.9. The maximum atomic E-state index is 12.6. The summed E-state index contributed by atoms with van der Waals surface area (Å²) in [4.78, 5) is 14.6. The van der Waals surface area contributed by atoms with Crippen LogP contribution in [0, 0.1) is 12.8 Å². The monoisotopic (exact) mass is 287 g/mol. The SMILES string of the molecule is Cc1nn(C)cc1C(=O)N1CCC[C@H](Cc2ccn[nH]2)C1. The molecule has 1 N–H and O–H groups in total. The largest absolute Gasteiger partial charge is 0.338 e. The summed E-state index contributed by atoms with van der Waals surface area (Å²) in [5.41, 5.74) is 2.67. The highest BCUT2D eigenvalue weighted by atomic mass is 16.2. The van der Waals surface area contributed by atoms with Gasteiger partial charge in [-0.1, -0.05) is 0 Å². The molecule has 0 aromatic carbocycles. The average molecular weight is 287 g/mol. The van der Waals surface area contributed by atoms with Crippen molar-refractivity contribution in [2.24, 2.45) is 13.0 Å². The number of carbonyl (C=O) groups is 1. The van der Waals surface area contributed by atoms with E-state index in [4.69, 9.17) is 0 Å². The molecule has 2 aromatic heterocycles. The lowest BCUT2D eigenvalue weighted by Gasteiger charge is -2.32. The fourth-order valence-electron chi connectivity index (χ4n) is 3.11. The Kier molecular flexibility index (Phi) is 3.77. The smallest absolute Gasteiger partial charge is 0.257 e. The Morgan fingerprint density at radius 1 is 1.52 bits per heavy atom. The molecule has 2 aromatic rings. The molecule has 0 bridgehead atoms. The molecule has 1 atom stereocenters. The number of H-pyrrole nitrogens is 1. The predicted molar refractivity (Wildman–Crippen MR) is 78.9 cm³/mol. The number of amides is 1. The van der Waals surface area contributed by atoms with E-state index in [1.54, 1.807) is 10.9 Å². The quantitative estimate of drug-likeness (QED) is 0.931. The Morgan fingerprint density at radius 2 is 2.38 bits per heavy atom. The van der Waals surface area contributed by atoms with Gasteiger partial charge >= 0.3 is 0 Å². The van der Waals surface area contributed by atoms with Crippen molar-refractivity contribution in [1.82, 2.24) is 24.9 Å². The van der Waals surface area contributed by atoms with Crippen LogP contribution < -0.4 is 0 Å². The van der Waals surface area contributed by atoms with Crippen molar-refractivity contribution in [2.75, 3.05) is 13.1 Å². The minimum atomic E-state index is 0.106. The van der Waals surface area contributed by atoms with Crippen molar-refractivity contribution < 1.29 is 4.79 Å². The van der Waals surface area contributed by atoms with E-state index in [0.29, 0.717) is 5.92 Å². The molecule has 1 aliphatic rings. The summed E-state index contributed by atoms with van der Waals surface area (Å²) < 4.78 is 1.70. The van der Waals surface area contributed by atoms with Crippen molar-refractivity contribution in [2.45, 2.75) is 26.2 Å². The van der Waals surface area contributed by atoms with Crippen LogP contribution in [-0.2, 0) is 13.5 Å². The number of nitrogens with zero attached hydrogens (tertiary/aromatic N) is 4. The number of nitrogens with one attached hydrogen (secondary N) is 1. The van der Waals surface area contributed by atoms with Crippen LogP contribution in [-0.4, -0.2) is 43.9 Å². The van der Waals surface area contributed by atoms with Gasteiger partial charge in [0, 0.05) is 38.2 Å². The molecule has 6 nitrogen and oxygen atoms in total. The van der Waals surface area contributed by atoms with Crippen LogP contribution >= 0.6 is 0 Å². The summed E-state index contributed by atoms with van der Waals surface area (Å²) in [6, 6.07) is 2.01. The Bertz CT molecular complexity index is 616. The molecule has 3 heterocycles. The molecule has 0 unspecified atom stereocenters. The summed E-state index contributed by atoms with van der Waals surface area (Å²) in [5, 5.41) is 11.3. The van der Waals surface area contributed by atoms with Crippen LogP contribution in [0.2, 0.25) is 0 Å². The number of carbonyl (C=O) groups excluding carboxylic acids is 1. The standard InChI is InChI=1S/C15H21N5O/c1-11-14(10-19(2)18-11)15(21)20-7-3-4-12(9-20)8-13-5-6-16-17-13/h5-6,10,12H,3-4,7-9H2,1-2H3,(H,16,17)/t12-/m1/s1. The van der Waals surface area contributed by atoms with E-state index in [0.717, 1.165) is 49.3 Å². The first-order valence-corrected chi connectivity index (χ1v) is 7.41. The first-order chi connectivity index (χ1) is 10.1. The highest BCUT2D eigenvalue weighted by molar-refractivity contribution is 5.95. The zero-order valence-electron chi connectivity index (χ0n) is 12.5. The Hall–Kier alpha value is -2.11. The molecule has 0 aliphatic carbocycles. The van der Waals surface area contributed by atoms with Crippen LogP contribution in [0.1, 0.15) is 34.6 Å². The van der Waals surface area contributed by atoms with Crippen molar-refractivity contribution in [3.8, 4) is 0 Å². The van der Waals surface area contributed by atoms with Crippen LogP contribution in [0.5, 0.6) is 0 Å². The maximum Gasteiger partial charge on any atom is 0.257 e. The molecule has 0 spiro atoms. The van der Waals surface area contributed by atoms with Crippen molar-refractivity contribution in [3.05, 3.63) is 35.4 Å². The summed E-state index contributed by atoms with van der Waals surface area (Å²) in [7, 11) is 1.85. The predicted octanol–water partition coefficient (Wildman–Crippen LogP) is 1.55. The highest BCUT2D eigenvalue weighted by Gasteiger charge is 2.26. The van der Waals surface area contributed by atoms with Crippen molar-refractivity contribution >= 4 is 5.91 Å². The van der Waals surface area contributed by atoms with Gasteiger partial charge in [0.15, 0.2) is 0 Å². The van der Waals surface area contributed by atoms with Gasteiger partial charge in [0.2, 0.25) is 0 Å². The number of aromatic amines is 1. The lowest BCUT2D eigenvalue weighted by atomic mass is 9.93. The fourth-order valence-corrected chi connectivity index (χ4v) is 3.11. The zero-order valence-corrected chi connectivity index (χ0v) is 12.5. The third kappa shape index (κ3) is 2.99. The van der Waals surface area contributed by atoms with E-state index >= 15 is 0 Å². The highest BCUT2D eigenvalue weighted by Crippen LogP contribution is 2.22. The maximum absolute atomic E-state index is 12.6. The number of hydrogen-bond acceptors (Lipinski definition) is 3. The minimum absolute atomic E-state index is 0.106. The van der Waals surface area contributed by atoms with Gasteiger partial charge in [-0.3, -0.25) is 14.6 Å². The van der Waals surface area contributed by atoms with E-state index in [9.17, 15) is 4.79 Å². The first-order valence-electron chi connectivity index (χ1n) is 7.41. The third-order valence-electron chi connectivity index (χ3n) is 4.12. The minimum Gasteiger partial charge on any atom is -0.338 e. The van der Waals surface area contributed by atoms with Crippen LogP contribution in [0.4, 0.5) is 0 Å². The summed E-state index contributed by atoms with van der Waals surface area (Å²) in [5.74, 6) is 0.607. The van der Waals surface area contributed by atoms with E-state index < -0.39 is 0 Å². The molecule has 0 radical (unpaired) electrons. The van der Waals surface area contributed by atoms with E-state index in [1.165, 1.54) is 0 Å². The second kappa shape index (κ2) is 5.71. The molecule has 1 amide bonds. The number of rotatable bonds is 3. The number of aryl methyl sites for hydroxylation is 2. The van der Waals surface area contributed by atoms with E-state index in [-0.39, 0.29) is 5.91 Å². The lowest BCUT2D eigenvalue weighted by Crippen LogP contribution is -2.40. The molecular weight excluding hydrogens is 266 g/mol. The average Bonchev–Trinajstić information content (AvgIpc) is 3.08. The Labute approximate surface area is 124 Å². The molecule has 21 heavy (non-hydrogen) atoms. The molecule has 1 saturated heterocycles. The third-order valence-corrected chi connectivity index (χ3v) is 4.12. The van der Waals surface area contributed by atoms with Gasteiger partial charge in [0.05, 0.1) is 11.3 Å². The van der Waals surface area contributed by atoms with Crippen molar-refractivity contribution in [1.29, 1.82) is 0 Å². The number of aromatic nitrogens is 4. The number of likely N-dealkylation sites (tertiary alicyclic amines) is 1. The summed E-state index contributed by atoms with van der Waals surface area (Å²) >= 11 is 0. The second-order valence-corrected chi connectivity index (χ2v) is 5.85. The number of piperidine rings is 1. The molecule has 6 heteroatoms. The normalized spacial score (nSPS) is 19.0. The van der Waals surface area contributed by atoms with Crippen LogP contribution in [0.25, 0.3) is 0 Å². The summed E-state index contributed by atoms with van der Waals surface area (Å²) in [6.07, 6.45) is 6.77. The zero-order chi connectivity index (χ0) is 14.8.